The standard InChI is InChI=1S/C22H25F3N4O3/c1-21(2)13-29(9-8-14-4-6-16(7-5-14)32-22(23,24)25)12-18(21)31-17-10-15(20(30)27-3)11-28-19(17)26/h4-11,18H,12-13H2,1-3H3,(H2,26,28)(H,27,30)/t18-/m0/s1. The van der Waals surface area contributed by atoms with Gasteiger partial charge in [0.15, 0.2) is 11.6 Å². The fourth-order valence-corrected chi connectivity index (χ4v) is 3.40. The minimum Gasteiger partial charge on any atom is -0.484 e. The second-order valence-corrected chi connectivity index (χ2v) is 8.14. The Kier molecular flexibility index (Phi) is 6.52. The van der Waals surface area contributed by atoms with Gasteiger partial charge in [-0.3, -0.25) is 4.79 Å². The number of alkyl halides is 3. The maximum absolute atomic E-state index is 12.3. The maximum Gasteiger partial charge on any atom is 0.573 e. The van der Waals surface area contributed by atoms with Crippen molar-refractivity contribution in [3.8, 4) is 11.5 Å². The minimum atomic E-state index is -4.72. The largest absolute Gasteiger partial charge is 0.573 e. The fraction of sp³-hybridized carbons (Fsp3) is 0.364. The van der Waals surface area contributed by atoms with Crippen molar-refractivity contribution in [2.24, 2.45) is 5.41 Å². The van der Waals surface area contributed by atoms with Crippen molar-refractivity contribution >= 4 is 17.8 Å². The number of nitrogens with two attached hydrogens (primary N) is 1. The number of benzene rings is 1. The Labute approximate surface area is 184 Å². The molecule has 1 aliphatic rings. The number of amides is 1. The van der Waals surface area contributed by atoms with E-state index < -0.39 is 6.36 Å². The molecular formula is C22H25F3N4O3. The number of carbonyl (C=O) groups excluding carboxylic acids is 1. The normalized spacial score (nSPS) is 18.1. The average molecular weight is 450 g/mol. The van der Waals surface area contributed by atoms with Gasteiger partial charge in [-0.1, -0.05) is 26.0 Å². The number of nitrogens with one attached hydrogen (secondary N) is 1. The molecule has 1 aliphatic heterocycles. The van der Waals surface area contributed by atoms with E-state index in [-0.39, 0.29) is 29.0 Å². The molecule has 0 unspecified atom stereocenters. The number of pyridine rings is 1. The number of aromatic nitrogens is 1. The van der Waals surface area contributed by atoms with E-state index in [1.165, 1.54) is 25.4 Å². The van der Waals surface area contributed by atoms with Crippen LogP contribution in [-0.2, 0) is 0 Å². The summed E-state index contributed by atoms with van der Waals surface area (Å²) in [4.78, 5) is 18.0. The van der Waals surface area contributed by atoms with Crippen LogP contribution < -0.4 is 20.5 Å². The lowest BCUT2D eigenvalue weighted by Crippen LogP contribution is -2.33. The number of nitrogens with zero attached hydrogens (tertiary/aromatic N) is 2. The molecule has 2 aromatic rings. The number of likely N-dealkylation sites (tertiary alicyclic amines) is 1. The lowest BCUT2D eigenvalue weighted by molar-refractivity contribution is -0.274. The van der Waals surface area contributed by atoms with Crippen LogP contribution in [0.4, 0.5) is 19.0 Å². The first kappa shape index (κ1) is 23.2. The van der Waals surface area contributed by atoms with Crippen LogP contribution in [0.3, 0.4) is 0 Å². The van der Waals surface area contributed by atoms with Crippen LogP contribution in [0.25, 0.3) is 6.08 Å². The number of nitrogen functional groups attached to an aromatic ring is 1. The molecule has 1 amide bonds. The molecule has 0 saturated carbocycles. The van der Waals surface area contributed by atoms with Crippen molar-refractivity contribution in [2.75, 3.05) is 25.9 Å². The zero-order chi connectivity index (χ0) is 23.5. The van der Waals surface area contributed by atoms with Crippen molar-refractivity contribution in [3.63, 3.8) is 0 Å². The smallest absolute Gasteiger partial charge is 0.484 e. The molecule has 32 heavy (non-hydrogen) atoms. The van der Waals surface area contributed by atoms with Gasteiger partial charge in [0.2, 0.25) is 0 Å². The van der Waals surface area contributed by atoms with Crippen LogP contribution in [0.2, 0.25) is 0 Å². The zero-order valence-corrected chi connectivity index (χ0v) is 17.9. The third kappa shape index (κ3) is 5.83. The monoisotopic (exact) mass is 450 g/mol. The van der Waals surface area contributed by atoms with Crippen LogP contribution in [0.5, 0.6) is 11.5 Å². The summed E-state index contributed by atoms with van der Waals surface area (Å²) >= 11 is 0. The highest BCUT2D eigenvalue weighted by molar-refractivity contribution is 5.94. The zero-order valence-electron chi connectivity index (χ0n) is 17.9. The van der Waals surface area contributed by atoms with Crippen LogP contribution in [-0.4, -0.2) is 48.4 Å². The minimum absolute atomic E-state index is 0.198. The first-order valence-corrected chi connectivity index (χ1v) is 9.89. The van der Waals surface area contributed by atoms with E-state index in [4.69, 9.17) is 10.5 Å². The Morgan fingerprint density at radius 1 is 1.31 bits per heavy atom. The molecule has 0 spiro atoms. The maximum atomic E-state index is 12.3. The van der Waals surface area contributed by atoms with Gasteiger partial charge in [0.1, 0.15) is 11.9 Å². The Hall–Kier alpha value is -3.43. The molecule has 1 fully saturated rings. The lowest BCUT2D eigenvalue weighted by Gasteiger charge is -2.26. The van der Waals surface area contributed by atoms with Crippen LogP contribution in [0, 0.1) is 5.41 Å². The van der Waals surface area contributed by atoms with E-state index in [2.05, 4.69) is 33.8 Å². The summed E-state index contributed by atoms with van der Waals surface area (Å²) in [7, 11) is 1.53. The van der Waals surface area contributed by atoms with Gasteiger partial charge in [-0.15, -0.1) is 13.2 Å². The predicted molar refractivity (Wildman–Crippen MR) is 114 cm³/mol. The van der Waals surface area contributed by atoms with Gasteiger partial charge in [0.25, 0.3) is 5.91 Å². The van der Waals surface area contributed by atoms with Crippen molar-refractivity contribution in [1.82, 2.24) is 15.2 Å². The molecule has 10 heteroatoms. The third-order valence-electron chi connectivity index (χ3n) is 5.11. The molecule has 0 aliphatic carbocycles. The van der Waals surface area contributed by atoms with Crippen molar-refractivity contribution in [3.05, 3.63) is 53.9 Å². The molecule has 1 atom stereocenters. The molecule has 3 rings (SSSR count). The summed E-state index contributed by atoms with van der Waals surface area (Å²) in [5, 5.41) is 2.54. The fourth-order valence-electron chi connectivity index (χ4n) is 3.40. The summed E-state index contributed by atoms with van der Waals surface area (Å²) in [5.41, 5.74) is 6.79. The first-order chi connectivity index (χ1) is 15.0. The van der Waals surface area contributed by atoms with Gasteiger partial charge in [-0.25, -0.2) is 4.98 Å². The Balaban J connectivity index is 1.67. The van der Waals surface area contributed by atoms with Crippen LogP contribution >= 0.6 is 0 Å². The molecule has 1 aromatic carbocycles. The summed E-state index contributed by atoms with van der Waals surface area (Å²) < 4.78 is 46.9. The van der Waals surface area contributed by atoms with E-state index in [9.17, 15) is 18.0 Å². The first-order valence-electron chi connectivity index (χ1n) is 9.89. The van der Waals surface area contributed by atoms with E-state index in [1.807, 2.05) is 6.20 Å². The van der Waals surface area contributed by atoms with E-state index in [1.54, 1.807) is 24.3 Å². The summed E-state index contributed by atoms with van der Waals surface area (Å²) in [6.07, 6.45) is 0.122. The number of carbonyl (C=O) groups is 1. The number of anilines is 1. The average Bonchev–Trinajstić information content (AvgIpc) is 3.00. The second kappa shape index (κ2) is 8.97. The van der Waals surface area contributed by atoms with Crippen LogP contribution in [0.1, 0.15) is 29.8 Å². The van der Waals surface area contributed by atoms with Gasteiger partial charge in [-0.05, 0) is 36.0 Å². The van der Waals surface area contributed by atoms with Gasteiger partial charge >= 0.3 is 6.36 Å². The van der Waals surface area contributed by atoms with Gasteiger partial charge in [-0.2, -0.15) is 0 Å². The summed E-state index contributed by atoms with van der Waals surface area (Å²) in [6, 6.07) is 7.19. The highest BCUT2D eigenvalue weighted by atomic mass is 19.4. The quantitative estimate of drug-likeness (QED) is 0.698. The molecule has 0 radical (unpaired) electrons. The Morgan fingerprint density at radius 3 is 2.62 bits per heavy atom. The number of ether oxygens (including phenoxy) is 2. The highest BCUT2D eigenvalue weighted by Crippen LogP contribution is 2.35. The van der Waals surface area contributed by atoms with Crippen molar-refractivity contribution in [2.45, 2.75) is 26.3 Å². The molecule has 172 valence electrons. The number of hydrogen-bond acceptors (Lipinski definition) is 6. The third-order valence-corrected chi connectivity index (χ3v) is 5.11. The molecular weight excluding hydrogens is 425 g/mol. The molecule has 1 saturated heterocycles. The van der Waals surface area contributed by atoms with Crippen molar-refractivity contribution < 1.29 is 27.4 Å². The number of halogens is 3. The summed E-state index contributed by atoms with van der Waals surface area (Å²) in [6.45, 7) is 5.36. The van der Waals surface area contributed by atoms with Crippen molar-refractivity contribution in [1.29, 1.82) is 0 Å². The predicted octanol–water partition coefficient (Wildman–Crippen LogP) is 3.68. The topological polar surface area (TPSA) is 89.7 Å². The van der Waals surface area contributed by atoms with Gasteiger partial charge in [0.05, 0.1) is 12.1 Å². The van der Waals surface area contributed by atoms with E-state index >= 15 is 0 Å². The number of rotatable bonds is 6. The van der Waals surface area contributed by atoms with Crippen LogP contribution in [0.15, 0.2) is 42.7 Å². The molecule has 2 heterocycles. The SMILES string of the molecule is CNC(=O)c1cnc(N)c(O[C@H]2CN(C=Cc3ccc(OC(F)(F)F)cc3)CC2(C)C)c1. The van der Waals surface area contributed by atoms with Gasteiger partial charge in [0, 0.05) is 25.2 Å². The number of hydrogen-bond donors (Lipinski definition) is 2. The lowest BCUT2D eigenvalue weighted by atomic mass is 9.90. The Morgan fingerprint density at radius 2 is 2.00 bits per heavy atom. The second-order valence-electron chi connectivity index (χ2n) is 8.14. The molecule has 7 nitrogen and oxygen atoms in total. The summed E-state index contributed by atoms with van der Waals surface area (Å²) in [5.74, 6) is -0.0151. The molecule has 0 bridgehead atoms. The highest BCUT2D eigenvalue weighted by Gasteiger charge is 2.40. The molecule has 1 aromatic heterocycles. The Bertz CT molecular complexity index is 991. The van der Waals surface area contributed by atoms with Gasteiger partial charge < -0.3 is 25.4 Å². The molecule has 3 N–H and O–H groups in total. The van der Waals surface area contributed by atoms with E-state index in [0.29, 0.717) is 24.4 Å². The van der Waals surface area contributed by atoms with E-state index in [0.717, 1.165) is 5.56 Å².